The van der Waals surface area contributed by atoms with Crippen molar-refractivity contribution in [2.24, 2.45) is 5.73 Å². The van der Waals surface area contributed by atoms with Crippen LogP contribution in [0.1, 0.15) is 32.6 Å². The van der Waals surface area contributed by atoms with Crippen molar-refractivity contribution in [1.29, 1.82) is 0 Å². The lowest BCUT2D eigenvalue weighted by atomic mass is 9.98. The lowest BCUT2D eigenvalue weighted by Gasteiger charge is -2.18. The molecule has 1 unspecified atom stereocenters. The van der Waals surface area contributed by atoms with E-state index in [0.717, 1.165) is 12.8 Å². The minimum absolute atomic E-state index is 0. The van der Waals surface area contributed by atoms with Crippen molar-refractivity contribution in [3.8, 4) is 11.5 Å². The summed E-state index contributed by atoms with van der Waals surface area (Å²) in [6.07, 6.45) is 6.50. The molecule has 0 aromatic carbocycles. The predicted octanol–water partition coefficient (Wildman–Crippen LogP) is 1.92. The van der Waals surface area contributed by atoms with Gasteiger partial charge in [0.1, 0.15) is 5.69 Å². The van der Waals surface area contributed by atoms with Crippen LogP contribution in [-0.2, 0) is 5.54 Å². The average Bonchev–Trinajstić information content (AvgIpc) is 2.80. The first-order chi connectivity index (χ1) is 8.13. The summed E-state index contributed by atoms with van der Waals surface area (Å²) in [5.74, 6) is 0.848. The van der Waals surface area contributed by atoms with Gasteiger partial charge in [0.15, 0.2) is 0 Å². The van der Waals surface area contributed by atoms with Crippen LogP contribution in [0.25, 0.3) is 11.5 Å². The van der Waals surface area contributed by atoms with Gasteiger partial charge in [-0.3, -0.25) is 4.98 Å². The number of nitrogens with two attached hydrogens (primary N) is 1. The van der Waals surface area contributed by atoms with Gasteiger partial charge in [0.2, 0.25) is 11.7 Å². The molecule has 0 saturated carbocycles. The first kappa shape index (κ1) is 14.5. The molecule has 18 heavy (non-hydrogen) atoms. The lowest BCUT2D eigenvalue weighted by Crippen LogP contribution is -2.33. The van der Waals surface area contributed by atoms with Gasteiger partial charge in [-0.25, -0.2) is 4.98 Å². The Bertz CT molecular complexity index is 485. The second kappa shape index (κ2) is 5.88. The standard InChI is InChI=1S/C11H15N5O.ClH/c1-3-4-11(2,12)10-15-9(16-17-10)8-7-13-5-6-14-8;/h5-7H,3-4,12H2,1-2H3;1H. The van der Waals surface area contributed by atoms with Gasteiger partial charge in [-0.05, 0) is 13.3 Å². The number of hydrogen-bond acceptors (Lipinski definition) is 6. The molecule has 0 aliphatic heterocycles. The van der Waals surface area contributed by atoms with Crippen LogP contribution in [-0.4, -0.2) is 20.1 Å². The van der Waals surface area contributed by atoms with Crippen LogP contribution >= 0.6 is 12.4 Å². The van der Waals surface area contributed by atoms with E-state index in [2.05, 4.69) is 27.0 Å². The van der Waals surface area contributed by atoms with E-state index in [1.165, 1.54) is 0 Å². The number of halogens is 1. The molecular formula is C11H16ClN5O. The highest BCUT2D eigenvalue weighted by Gasteiger charge is 2.27. The first-order valence-corrected chi connectivity index (χ1v) is 5.53. The van der Waals surface area contributed by atoms with Crippen molar-refractivity contribution in [3.63, 3.8) is 0 Å². The summed E-state index contributed by atoms with van der Waals surface area (Å²) in [6.45, 7) is 3.94. The third kappa shape index (κ3) is 3.02. The zero-order chi connectivity index (χ0) is 12.3. The fourth-order valence-corrected chi connectivity index (χ4v) is 1.60. The topological polar surface area (TPSA) is 90.7 Å². The van der Waals surface area contributed by atoms with E-state index in [-0.39, 0.29) is 12.4 Å². The Balaban J connectivity index is 0.00000162. The Morgan fingerprint density at radius 2 is 2.17 bits per heavy atom. The molecule has 2 N–H and O–H groups in total. The third-order valence-corrected chi connectivity index (χ3v) is 2.48. The highest BCUT2D eigenvalue weighted by atomic mass is 35.5. The number of aromatic nitrogens is 4. The number of rotatable bonds is 4. The summed E-state index contributed by atoms with van der Waals surface area (Å²) in [5.41, 5.74) is 6.09. The fraction of sp³-hybridized carbons (Fsp3) is 0.455. The van der Waals surface area contributed by atoms with E-state index in [0.29, 0.717) is 17.4 Å². The summed E-state index contributed by atoms with van der Waals surface area (Å²) in [5, 5.41) is 3.87. The molecule has 0 spiro atoms. The minimum atomic E-state index is -0.595. The zero-order valence-electron chi connectivity index (χ0n) is 10.3. The van der Waals surface area contributed by atoms with Gasteiger partial charge in [-0.15, -0.1) is 12.4 Å². The molecule has 2 aromatic rings. The molecule has 0 radical (unpaired) electrons. The van der Waals surface area contributed by atoms with Gasteiger partial charge in [0.25, 0.3) is 0 Å². The van der Waals surface area contributed by atoms with E-state index in [4.69, 9.17) is 10.3 Å². The third-order valence-electron chi connectivity index (χ3n) is 2.48. The quantitative estimate of drug-likeness (QED) is 0.912. The van der Waals surface area contributed by atoms with Crippen molar-refractivity contribution in [1.82, 2.24) is 20.1 Å². The minimum Gasteiger partial charge on any atom is -0.337 e. The van der Waals surface area contributed by atoms with Gasteiger partial charge in [0.05, 0.1) is 11.7 Å². The maximum Gasteiger partial charge on any atom is 0.246 e. The molecule has 98 valence electrons. The van der Waals surface area contributed by atoms with Gasteiger partial charge < -0.3 is 10.3 Å². The predicted molar refractivity (Wildman–Crippen MR) is 69.0 cm³/mol. The SMILES string of the molecule is CCCC(C)(N)c1nc(-c2cnccn2)no1.Cl. The number of nitrogens with zero attached hydrogens (tertiary/aromatic N) is 4. The van der Waals surface area contributed by atoms with Gasteiger partial charge in [0, 0.05) is 12.4 Å². The van der Waals surface area contributed by atoms with Crippen LogP contribution in [0.2, 0.25) is 0 Å². The number of hydrogen-bond donors (Lipinski definition) is 1. The van der Waals surface area contributed by atoms with Crippen molar-refractivity contribution in [2.45, 2.75) is 32.2 Å². The molecule has 0 fully saturated rings. The van der Waals surface area contributed by atoms with Crippen molar-refractivity contribution < 1.29 is 4.52 Å². The normalized spacial score (nSPS) is 13.7. The van der Waals surface area contributed by atoms with E-state index < -0.39 is 5.54 Å². The van der Waals surface area contributed by atoms with Crippen LogP contribution in [0.15, 0.2) is 23.1 Å². The van der Waals surface area contributed by atoms with Gasteiger partial charge in [-0.2, -0.15) is 4.98 Å². The van der Waals surface area contributed by atoms with Crippen LogP contribution in [0.3, 0.4) is 0 Å². The second-order valence-corrected chi connectivity index (χ2v) is 4.18. The summed E-state index contributed by atoms with van der Waals surface area (Å²) in [6, 6.07) is 0. The van der Waals surface area contributed by atoms with Crippen molar-refractivity contribution in [3.05, 3.63) is 24.5 Å². The largest absolute Gasteiger partial charge is 0.337 e. The highest BCUT2D eigenvalue weighted by Crippen LogP contribution is 2.23. The Labute approximate surface area is 111 Å². The van der Waals surface area contributed by atoms with Crippen LogP contribution in [0.4, 0.5) is 0 Å². The van der Waals surface area contributed by atoms with E-state index in [1.54, 1.807) is 18.6 Å². The molecule has 1 atom stereocenters. The molecule has 0 bridgehead atoms. The Morgan fingerprint density at radius 1 is 1.39 bits per heavy atom. The molecule has 6 nitrogen and oxygen atoms in total. The van der Waals surface area contributed by atoms with E-state index >= 15 is 0 Å². The van der Waals surface area contributed by atoms with Crippen molar-refractivity contribution in [2.75, 3.05) is 0 Å². The molecule has 0 saturated heterocycles. The Morgan fingerprint density at radius 3 is 2.78 bits per heavy atom. The fourth-order valence-electron chi connectivity index (χ4n) is 1.60. The molecule has 2 rings (SSSR count). The summed E-state index contributed by atoms with van der Waals surface area (Å²) in [7, 11) is 0. The average molecular weight is 270 g/mol. The summed E-state index contributed by atoms with van der Waals surface area (Å²) < 4.78 is 5.18. The Kier molecular flexibility index (Phi) is 4.75. The maximum absolute atomic E-state index is 6.11. The van der Waals surface area contributed by atoms with Crippen LogP contribution < -0.4 is 5.73 Å². The smallest absolute Gasteiger partial charge is 0.246 e. The first-order valence-electron chi connectivity index (χ1n) is 5.53. The monoisotopic (exact) mass is 269 g/mol. The van der Waals surface area contributed by atoms with Gasteiger partial charge >= 0.3 is 0 Å². The van der Waals surface area contributed by atoms with Crippen molar-refractivity contribution >= 4 is 12.4 Å². The highest BCUT2D eigenvalue weighted by molar-refractivity contribution is 5.85. The molecule has 2 aromatic heterocycles. The molecule has 0 aliphatic carbocycles. The zero-order valence-corrected chi connectivity index (χ0v) is 11.1. The maximum atomic E-state index is 6.11. The summed E-state index contributed by atoms with van der Waals surface area (Å²) in [4.78, 5) is 12.3. The van der Waals surface area contributed by atoms with E-state index in [9.17, 15) is 0 Å². The Hall–Kier alpha value is -1.53. The van der Waals surface area contributed by atoms with Gasteiger partial charge in [-0.1, -0.05) is 18.5 Å². The molecule has 0 amide bonds. The molecule has 0 aliphatic rings. The van der Waals surface area contributed by atoms with Crippen LogP contribution in [0.5, 0.6) is 0 Å². The van der Waals surface area contributed by atoms with Crippen LogP contribution in [0, 0.1) is 0 Å². The molecular weight excluding hydrogens is 254 g/mol. The second-order valence-electron chi connectivity index (χ2n) is 4.18. The van der Waals surface area contributed by atoms with E-state index in [1.807, 2.05) is 6.92 Å². The molecule has 2 heterocycles. The summed E-state index contributed by atoms with van der Waals surface area (Å²) >= 11 is 0. The molecule has 7 heteroatoms. The lowest BCUT2D eigenvalue weighted by molar-refractivity contribution is 0.284.